The van der Waals surface area contributed by atoms with Gasteiger partial charge >= 0.3 is 6.18 Å². The second-order valence-corrected chi connectivity index (χ2v) is 8.23. The molecule has 0 spiro atoms. The zero-order valence-corrected chi connectivity index (χ0v) is 18.8. The minimum atomic E-state index is -4.65. The molecule has 0 aliphatic carbocycles. The normalized spacial score (nSPS) is 22.6. The number of rotatable bonds is 5. The molecule has 0 unspecified atom stereocenters. The summed E-state index contributed by atoms with van der Waals surface area (Å²) in [7, 11) is 2.65. The van der Waals surface area contributed by atoms with Gasteiger partial charge in [0.05, 0.1) is 22.0 Å². The highest BCUT2D eigenvalue weighted by atomic mass is 32.1. The van der Waals surface area contributed by atoms with E-state index in [0.29, 0.717) is 0 Å². The number of fused-ring (bicyclic) bond motifs is 2. The number of oxazole rings is 1. The Kier molecular flexibility index (Phi) is 5.92. The molecule has 1 aliphatic rings. The van der Waals surface area contributed by atoms with Gasteiger partial charge in [-0.25, -0.2) is 0 Å². The number of non-ortho nitro benzene ring substituents is 1. The third-order valence-electron chi connectivity index (χ3n) is 5.85. The van der Waals surface area contributed by atoms with Crippen LogP contribution in [-0.4, -0.2) is 46.8 Å². The van der Waals surface area contributed by atoms with Crippen molar-refractivity contribution in [2.75, 3.05) is 14.2 Å². The number of aromatic nitrogens is 1. The fourth-order valence-corrected chi connectivity index (χ4v) is 4.56. The molecule has 13 heteroatoms. The Morgan fingerprint density at radius 3 is 2.50 bits per heavy atom. The zero-order chi connectivity index (χ0) is 25.0. The molecule has 34 heavy (non-hydrogen) atoms. The van der Waals surface area contributed by atoms with Crippen LogP contribution in [0.5, 0.6) is 5.75 Å². The first-order valence-corrected chi connectivity index (χ1v) is 10.3. The maximum Gasteiger partial charge on any atom is 0.416 e. The van der Waals surface area contributed by atoms with E-state index >= 15 is 0 Å². The molecule has 3 atom stereocenters. The quantitative estimate of drug-likeness (QED) is 0.234. The molecular weight excluding hydrogens is 481 g/mol. The largest absolute Gasteiger partial charge is 0.479 e. The number of methoxy groups -OCH3 is 2. The van der Waals surface area contributed by atoms with E-state index in [1.165, 1.54) is 43.9 Å². The Morgan fingerprint density at radius 1 is 1.24 bits per heavy atom. The Balaban J connectivity index is 2.03. The third-order valence-corrected chi connectivity index (χ3v) is 6.13. The van der Waals surface area contributed by atoms with E-state index in [-0.39, 0.29) is 32.9 Å². The highest BCUT2D eigenvalue weighted by Crippen LogP contribution is 2.47. The van der Waals surface area contributed by atoms with Gasteiger partial charge in [0.15, 0.2) is 17.5 Å². The standard InChI is InChI=1S/C21H19F3N2O7S/c1-20(18(30-2)31-3)17(27)16(12-9-11(26(28)29)5-7-14(12)33-20)25-13-8-10(21(22,23)24)4-6-15(13)32-19(25)34/h4-9,16-18,27H,1-3H3/t16-,17+,20+/m0/s1. The van der Waals surface area contributed by atoms with Crippen molar-refractivity contribution in [1.29, 1.82) is 0 Å². The number of hydrogen-bond donors (Lipinski definition) is 1. The van der Waals surface area contributed by atoms with Crippen LogP contribution in [0.2, 0.25) is 0 Å². The van der Waals surface area contributed by atoms with E-state index in [4.69, 9.17) is 30.8 Å². The third kappa shape index (κ3) is 3.74. The van der Waals surface area contributed by atoms with Crippen LogP contribution in [-0.2, 0) is 15.7 Å². The lowest BCUT2D eigenvalue weighted by Gasteiger charge is -2.46. The Bertz CT molecular complexity index is 1320. The molecule has 1 N–H and O–H groups in total. The van der Waals surface area contributed by atoms with Crippen LogP contribution in [0.3, 0.4) is 0 Å². The summed E-state index contributed by atoms with van der Waals surface area (Å²) in [5.41, 5.74) is -2.75. The van der Waals surface area contributed by atoms with Gasteiger partial charge in [0, 0.05) is 31.9 Å². The number of alkyl halides is 3. The second-order valence-electron chi connectivity index (χ2n) is 7.88. The summed E-state index contributed by atoms with van der Waals surface area (Å²) in [5.74, 6) is 0.130. The summed E-state index contributed by atoms with van der Waals surface area (Å²) in [5, 5.41) is 22.9. The van der Waals surface area contributed by atoms with E-state index in [2.05, 4.69) is 0 Å². The predicted octanol–water partition coefficient (Wildman–Crippen LogP) is 4.61. The molecule has 0 radical (unpaired) electrons. The number of hydrogen-bond acceptors (Lipinski definition) is 8. The van der Waals surface area contributed by atoms with Crippen molar-refractivity contribution in [2.45, 2.75) is 37.1 Å². The van der Waals surface area contributed by atoms with Gasteiger partial charge in [-0.15, -0.1) is 0 Å². The molecule has 1 aromatic heterocycles. The molecule has 0 saturated heterocycles. The molecule has 0 fully saturated rings. The maximum absolute atomic E-state index is 13.4. The Labute approximate surface area is 195 Å². The van der Waals surface area contributed by atoms with Gasteiger partial charge in [0.2, 0.25) is 0 Å². The summed E-state index contributed by atoms with van der Waals surface area (Å²) in [4.78, 5) is 10.5. The predicted molar refractivity (Wildman–Crippen MR) is 114 cm³/mol. The van der Waals surface area contributed by atoms with Gasteiger partial charge in [-0.05, 0) is 43.4 Å². The van der Waals surface area contributed by atoms with Crippen molar-refractivity contribution in [1.82, 2.24) is 4.57 Å². The minimum absolute atomic E-state index is 0.0420. The van der Waals surface area contributed by atoms with Crippen LogP contribution in [0.25, 0.3) is 11.1 Å². The van der Waals surface area contributed by atoms with Crippen LogP contribution in [0, 0.1) is 15.0 Å². The van der Waals surface area contributed by atoms with Crippen LogP contribution in [0.4, 0.5) is 18.9 Å². The molecule has 0 saturated carbocycles. The molecular formula is C21H19F3N2O7S. The van der Waals surface area contributed by atoms with Gasteiger partial charge in [0.25, 0.3) is 10.5 Å². The zero-order valence-electron chi connectivity index (χ0n) is 18.0. The number of aliphatic hydroxyl groups is 1. The van der Waals surface area contributed by atoms with Crippen molar-refractivity contribution < 1.29 is 41.8 Å². The summed E-state index contributed by atoms with van der Waals surface area (Å²) < 4.78 is 63.6. The summed E-state index contributed by atoms with van der Waals surface area (Å²) in [6.07, 6.45) is -7.32. The molecule has 0 amide bonds. The highest BCUT2D eigenvalue weighted by Gasteiger charge is 2.53. The molecule has 9 nitrogen and oxygen atoms in total. The monoisotopic (exact) mass is 500 g/mol. The van der Waals surface area contributed by atoms with E-state index in [0.717, 1.165) is 18.2 Å². The average Bonchev–Trinajstić information content (AvgIpc) is 3.09. The van der Waals surface area contributed by atoms with Gasteiger partial charge in [-0.1, -0.05) is 0 Å². The first kappa shape index (κ1) is 24.1. The second kappa shape index (κ2) is 8.34. The molecule has 1 aliphatic heterocycles. The molecule has 182 valence electrons. The van der Waals surface area contributed by atoms with Gasteiger partial charge in [-0.3, -0.25) is 14.7 Å². The summed E-state index contributed by atoms with van der Waals surface area (Å²) in [6.45, 7) is 1.49. The fraction of sp³-hybridized carbons (Fsp3) is 0.381. The first-order chi connectivity index (χ1) is 15.9. The van der Waals surface area contributed by atoms with Crippen molar-refractivity contribution in [2.24, 2.45) is 0 Å². The minimum Gasteiger partial charge on any atom is -0.479 e. The van der Waals surface area contributed by atoms with Gasteiger partial charge in [-0.2, -0.15) is 13.2 Å². The van der Waals surface area contributed by atoms with E-state index in [1.54, 1.807) is 0 Å². The number of ether oxygens (including phenoxy) is 3. The SMILES string of the molecule is COC(OC)[C@]1(C)Oc2ccc([N+](=O)[O-])cc2[C@H](n2c(=S)oc3ccc(C(F)(F)F)cc32)[C@H]1O. The number of nitro benzene ring substituents is 1. The van der Waals surface area contributed by atoms with Crippen LogP contribution in [0.15, 0.2) is 40.8 Å². The van der Waals surface area contributed by atoms with E-state index in [1.807, 2.05) is 0 Å². The molecule has 3 aromatic rings. The fourth-order valence-electron chi connectivity index (χ4n) is 4.26. The number of nitro groups is 1. The number of halogens is 3. The molecule has 2 aromatic carbocycles. The lowest BCUT2D eigenvalue weighted by atomic mass is 9.84. The van der Waals surface area contributed by atoms with Gasteiger partial charge in [0.1, 0.15) is 11.9 Å². The lowest BCUT2D eigenvalue weighted by molar-refractivity contribution is -0.385. The molecule has 2 heterocycles. The van der Waals surface area contributed by atoms with Crippen molar-refractivity contribution in [3.63, 3.8) is 0 Å². The van der Waals surface area contributed by atoms with Crippen LogP contribution in [0.1, 0.15) is 24.1 Å². The average molecular weight is 500 g/mol. The molecule has 0 bridgehead atoms. The van der Waals surface area contributed by atoms with E-state index < -0.39 is 40.7 Å². The smallest absolute Gasteiger partial charge is 0.416 e. The number of aliphatic hydroxyl groups excluding tert-OH is 1. The van der Waals surface area contributed by atoms with Crippen molar-refractivity contribution in [3.8, 4) is 5.75 Å². The van der Waals surface area contributed by atoms with Crippen molar-refractivity contribution in [3.05, 3.63) is 62.5 Å². The Morgan fingerprint density at radius 2 is 1.91 bits per heavy atom. The molecule has 4 rings (SSSR count). The number of benzene rings is 2. The summed E-state index contributed by atoms with van der Waals surface area (Å²) >= 11 is 5.30. The highest BCUT2D eigenvalue weighted by molar-refractivity contribution is 7.71. The van der Waals surface area contributed by atoms with Gasteiger partial charge < -0.3 is 23.7 Å². The maximum atomic E-state index is 13.4. The van der Waals surface area contributed by atoms with Crippen LogP contribution < -0.4 is 4.74 Å². The first-order valence-electron chi connectivity index (χ1n) is 9.85. The van der Waals surface area contributed by atoms with Crippen LogP contribution >= 0.6 is 12.2 Å². The summed E-state index contributed by atoms with van der Waals surface area (Å²) in [6, 6.07) is 5.29. The van der Waals surface area contributed by atoms with E-state index in [9.17, 15) is 28.4 Å². The Hall–Kier alpha value is -3.00. The lowest BCUT2D eigenvalue weighted by Crippen LogP contribution is -2.60. The van der Waals surface area contributed by atoms with Crippen molar-refractivity contribution >= 4 is 29.0 Å². The topological polar surface area (TPSA) is 109 Å². The number of nitrogens with zero attached hydrogens (tertiary/aromatic N) is 2.